The number of rotatable bonds is 4. The zero-order valence-electron chi connectivity index (χ0n) is 11.9. The van der Waals surface area contributed by atoms with Crippen LogP contribution in [0, 0.1) is 11.7 Å². The van der Waals surface area contributed by atoms with E-state index in [-0.39, 0.29) is 4.90 Å². The predicted octanol–water partition coefficient (Wildman–Crippen LogP) is 3.42. The fraction of sp³-hybridized carbons (Fsp3) is 0.600. The minimum atomic E-state index is -3.47. The minimum absolute atomic E-state index is 0.188. The Hall–Kier alpha value is -0.940. The van der Waals surface area contributed by atoms with E-state index in [4.69, 9.17) is 0 Å². The van der Waals surface area contributed by atoms with Gasteiger partial charge in [-0.05, 0) is 49.4 Å². The molecule has 0 spiro atoms. The van der Waals surface area contributed by atoms with Gasteiger partial charge in [0.25, 0.3) is 0 Å². The van der Waals surface area contributed by atoms with Crippen molar-refractivity contribution < 1.29 is 12.8 Å². The molecule has 1 fully saturated rings. The Morgan fingerprint density at radius 1 is 1.20 bits per heavy atom. The smallest absolute Gasteiger partial charge is 0.207 e. The van der Waals surface area contributed by atoms with Crippen LogP contribution >= 0.6 is 0 Å². The Kier molecular flexibility index (Phi) is 5.16. The summed E-state index contributed by atoms with van der Waals surface area (Å²) in [6.45, 7) is 3.31. The van der Waals surface area contributed by atoms with Crippen molar-refractivity contribution in [2.75, 3.05) is 13.1 Å². The first-order valence-corrected chi connectivity index (χ1v) is 8.73. The van der Waals surface area contributed by atoms with Gasteiger partial charge in [0, 0.05) is 13.1 Å². The topological polar surface area (TPSA) is 37.4 Å². The average molecular weight is 299 g/mol. The minimum Gasteiger partial charge on any atom is -0.207 e. The van der Waals surface area contributed by atoms with Gasteiger partial charge in [0.15, 0.2) is 0 Å². The lowest BCUT2D eigenvalue weighted by atomic mass is 9.96. The molecule has 0 radical (unpaired) electrons. The van der Waals surface area contributed by atoms with Crippen molar-refractivity contribution in [1.82, 2.24) is 4.31 Å². The van der Waals surface area contributed by atoms with Crippen molar-refractivity contribution in [3.63, 3.8) is 0 Å². The molecule has 1 saturated heterocycles. The summed E-state index contributed by atoms with van der Waals surface area (Å²) in [7, 11) is -3.47. The second-order valence-electron chi connectivity index (χ2n) is 5.44. The number of hydrogen-bond donors (Lipinski definition) is 0. The molecular formula is C15H22FNO2S. The Morgan fingerprint density at radius 3 is 2.55 bits per heavy atom. The molecule has 1 heterocycles. The van der Waals surface area contributed by atoms with Crippen LogP contribution in [0.3, 0.4) is 0 Å². The number of nitrogens with zero attached hydrogens (tertiary/aromatic N) is 1. The van der Waals surface area contributed by atoms with E-state index in [1.807, 2.05) is 0 Å². The molecule has 0 bridgehead atoms. The molecule has 1 aliphatic heterocycles. The van der Waals surface area contributed by atoms with Crippen LogP contribution in [-0.4, -0.2) is 25.8 Å². The Labute approximate surface area is 120 Å². The highest BCUT2D eigenvalue weighted by molar-refractivity contribution is 7.89. The van der Waals surface area contributed by atoms with Crippen LogP contribution < -0.4 is 0 Å². The second kappa shape index (κ2) is 6.68. The quantitative estimate of drug-likeness (QED) is 0.854. The lowest BCUT2D eigenvalue weighted by Gasteiger charge is -2.20. The van der Waals surface area contributed by atoms with Crippen LogP contribution in [0.1, 0.15) is 39.0 Å². The van der Waals surface area contributed by atoms with Gasteiger partial charge < -0.3 is 0 Å². The highest BCUT2D eigenvalue weighted by atomic mass is 32.2. The monoisotopic (exact) mass is 299 g/mol. The fourth-order valence-electron chi connectivity index (χ4n) is 2.83. The standard InChI is InChI=1S/C15H22FNO2S/c1-2-4-13-5-3-11-17(12-10-13)20(18,19)15-8-6-14(16)7-9-15/h6-9,13H,2-5,10-12H2,1H3. The van der Waals surface area contributed by atoms with Crippen molar-refractivity contribution >= 4 is 10.0 Å². The maximum atomic E-state index is 12.9. The normalized spacial score (nSPS) is 21.6. The summed E-state index contributed by atoms with van der Waals surface area (Å²) in [5.41, 5.74) is 0. The van der Waals surface area contributed by atoms with E-state index in [1.54, 1.807) is 4.31 Å². The van der Waals surface area contributed by atoms with Crippen molar-refractivity contribution in [1.29, 1.82) is 0 Å². The fourth-order valence-corrected chi connectivity index (χ4v) is 4.33. The van der Waals surface area contributed by atoms with Gasteiger partial charge in [-0.2, -0.15) is 4.31 Å². The molecule has 3 nitrogen and oxygen atoms in total. The predicted molar refractivity (Wildman–Crippen MR) is 77.4 cm³/mol. The van der Waals surface area contributed by atoms with Crippen molar-refractivity contribution in [3.05, 3.63) is 30.1 Å². The van der Waals surface area contributed by atoms with E-state index in [0.717, 1.165) is 25.7 Å². The molecule has 0 N–H and O–H groups in total. The summed E-state index contributed by atoms with van der Waals surface area (Å²) in [6.07, 6.45) is 5.25. The summed E-state index contributed by atoms with van der Waals surface area (Å²) < 4.78 is 39.5. The average Bonchev–Trinajstić information content (AvgIpc) is 2.66. The molecule has 1 aliphatic rings. The molecule has 1 atom stereocenters. The van der Waals surface area contributed by atoms with E-state index in [0.29, 0.717) is 19.0 Å². The number of benzene rings is 1. The van der Waals surface area contributed by atoms with Gasteiger partial charge in [0.2, 0.25) is 10.0 Å². The van der Waals surface area contributed by atoms with Gasteiger partial charge in [-0.1, -0.05) is 19.8 Å². The lowest BCUT2D eigenvalue weighted by molar-refractivity contribution is 0.400. The molecule has 5 heteroatoms. The first kappa shape index (κ1) is 15.4. The molecule has 1 unspecified atom stereocenters. The number of hydrogen-bond acceptors (Lipinski definition) is 2. The first-order chi connectivity index (χ1) is 9.54. The molecular weight excluding hydrogens is 277 g/mol. The summed E-state index contributed by atoms with van der Waals surface area (Å²) in [5, 5.41) is 0. The van der Waals surface area contributed by atoms with Crippen LogP contribution in [0.25, 0.3) is 0 Å². The number of sulfonamides is 1. The highest BCUT2D eigenvalue weighted by Crippen LogP contribution is 2.25. The van der Waals surface area contributed by atoms with Gasteiger partial charge in [-0.15, -0.1) is 0 Å². The van der Waals surface area contributed by atoms with E-state index in [9.17, 15) is 12.8 Å². The Morgan fingerprint density at radius 2 is 1.90 bits per heavy atom. The Bertz CT molecular complexity index is 527. The zero-order valence-corrected chi connectivity index (χ0v) is 12.7. The second-order valence-corrected chi connectivity index (χ2v) is 7.38. The molecule has 0 amide bonds. The van der Waals surface area contributed by atoms with Crippen molar-refractivity contribution in [3.8, 4) is 0 Å². The molecule has 1 aromatic carbocycles. The summed E-state index contributed by atoms with van der Waals surface area (Å²) in [6, 6.07) is 5.09. The Balaban J connectivity index is 2.11. The third kappa shape index (κ3) is 3.58. The van der Waals surface area contributed by atoms with Gasteiger partial charge in [0.05, 0.1) is 4.90 Å². The lowest BCUT2D eigenvalue weighted by Crippen LogP contribution is -2.32. The van der Waals surface area contributed by atoms with Gasteiger partial charge in [0.1, 0.15) is 5.82 Å². The highest BCUT2D eigenvalue weighted by Gasteiger charge is 2.27. The molecule has 2 rings (SSSR count). The summed E-state index contributed by atoms with van der Waals surface area (Å²) in [4.78, 5) is 0.188. The molecule has 112 valence electrons. The van der Waals surface area contributed by atoms with E-state index in [1.165, 1.54) is 30.7 Å². The van der Waals surface area contributed by atoms with Crippen LogP contribution in [-0.2, 0) is 10.0 Å². The molecule has 0 aliphatic carbocycles. The summed E-state index contributed by atoms with van der Waals surface area (Å²) >= 11 is 0. The zero-order chi connectivity index (χ0) is 14.6. The SMILES string of the molecule is CCCC1CCCN(S(=O)(=O)c2ccc(F)cc2)CC1. The first-order valence-electron chi connectivity index (χ1n) is 7.29. The molecule has 0 saturated carbocycles. The largest absolute Gasteiger partial charge is 0.243 e. The number of halogens is 1. The summed E-state index contributed by atoms with van der Waals surface area (Å²) in [5.74, 6) is 0.219. The van der Waals surface area contributed by atoms with Crippen molar-refractivity contribution in [2.24, 2.45) is 5.92 Å². The third-order valence-corrected chi connectivity index (χ3v) is 5.87. The van der Waals surface area contributed by atoms with Gasteiger partial charge in [-0.3, -0.25) is 0 Å². The van der Waals surface area contributed by atoms with E-state index >= 15 is 0 Å². The van der Waals surface area contributed by atoms with E-state index < -0.39 is 15.8 Å². The molecule has 0 aromatic heterocycles. The van der Waals surface area contributed by atoms with Gasteiger partial charge >= 0.3 is 0 Å². The van der Waals surface area contributed by atoms with Crippen LogP contribution in [0.4, 0.5) is 4.39 Å². The van der Waals surface area contributed by atoms with Gasteiger partial charge in [-0.25, -0.2) is 12.8 Å². The van der Waals surface area contributed by atoms with E-state index in [2.05, 4.69) is 6.92 Å². The van der Waals surface area contributed by atoms with Crippen LogP contribution in [0.2, 0.25) is 0 Å². The molecule has 20 heavy (non-hydrogen) atoms. The molecule has 1 aromatic rings. The van der Waals surface area contributed by atoms with Crippen LogP contribution in [0.15, 0.2) is 29.2 Å². The van der Waals surface area contributed by atoms with Crippen molar-refractivity contribution in [2.45, 2.75) is 43.9 Å². The third-order valence-electron chi connectivity index (χ3n) is 3.95. The van der Waals surface area contributed by atoms with Crippen LogP contribution in [0.5, 0.6) is 0 Å². The maximum absolute atomic E-state index is 12.9. The maximum Gasteiger partial charge on any atom is 0.243 e.